The molecule has 0 amide bonds. The molecule has 0 spiro atoms. The molecule has 0 bridgehead atoms. The lowest BCUT2D eigenvalue weighted by molar-refractivity contribution is -0.206. The highest BCUT2D eigenvalue weighted by atomic mass is 35.5. The summed E-state index contributed by atoms with van der Waals surface area (Å²) in [6, 6.07) is 6.51. The van der Waals surface area contributed by atoms with Crippen LogP contribution in [0, 0.1) is 35.6 Å². The molecule has 3 heterocycles. The number of benzene rings is 1. The van der Waals surface area contributed by atoms with Crippen molar-refractivity contribution in [1.29, 1.82) is 5.26 Å². The Hall–Kier alpha value is -4.05. The molecule has 41 heavy (non-hydrogen) atoms. The Balaban J connectivity index is 1.60. The van der Waals surface area contributed by atoms with E-state index in [1.165, 1.54) is 23.0 Å². The molecule has 214 valence electrons. The predicted octanol–water partition coefficient (Wildman–Crippen LogP) is 6.87. The minimum Gasteiger partial charge on any atom is -0.382 e. The van der Waals surface area contributed by atoms with Gasteiger partial charge in [0.2, 0.25) is 11.9 Å². The topological polar surface area (TPSA) is 104 Å². The van der Waals surface area contributed by atoms with Crippen molar-refractivity contribution in [3.63, 3.8) is 0 Å². The minimum absolute atomic E-state index is 0.0113. The van der Waals surface area contributed by atoms with E-state index in [9.17, 15) is 22.8 Å². The summed E-state index contributed by atoms with van der Waals surface area (Å²) in [5.41, 5.74) is -0.799. The Bertz CT molecular complexity index is 1670. The SMILES string of the molecule is Cc1nc(F)ccc1C(Nc1cc(Cl)c2ncc(C#N)c(NCC(C)(C)C(F)(F)F)c2c1)c1nnn(C2CC2)c1F. The molecule has 0 saturated heterocycles. The van der Waals surface area contributed by atoms with Crippen molar-refractivity contribution in [3.8, 4) is 6.07 Å². The molecule has 1 aromatic carbocycles. The van der Waals surface area contributed by atoms with Crippen LogP contribution in [-0.2, 0) is 0 Å². The Morgan fingerprint density at radius 3 is 2.56 bits per heavy atom. The zero-order valence-electron chi connectivity index (χ0n) is 22.1. The third-order valence-corrected chi connectivity index (χ3v) is 7.35. The predicted molar refractivity (Wildman–Crippen MR) is 142 cm³/mol. The van der Waals surface area contributed by atoms with E-state index in [-0.39, 0.29) is 44.6 Å². The fourth-order valence-corrected chi connectivity index (χ4v) is 4.63. The summed E-state index contributed by atoms with van der Waals surface area (Å²) in [5.74, 6) is -1.38. The second kappa shape index (κ2) is 10.4. The molecule has 14 heteroatoms. The normalized spacial score (nSPS) is 14.6. The molecule has 4 aromatic rings. The van der Waals surface area contributed by atoms with Crippen LogP contribution in [0.3, 0.4) is 0 Å². The molecular weight excluding hydrogens is 567 g/mol. The quantitative estimate of drug-likeness (QED) is 0.170. The van der Waals surface area contributed by atoms with E-state index < -0.39 is 36.1 Å². The van der Waals surface area contributed by atoms with Crippen molar-refractivity contribution >= 4 is 33.9 Å². The number of hydrogen-bond acceptors (Lipinski definition) is 7. The van der Waals surface area contributed by atoms with Crippen LogP contribution in [0.2, 0.25) is 5.02 Å². The van der Waals surface area contributed by atoms with E-state index in [4.69, 9.17) is 11.6 Å². The van der Waals surface area contributed by atoms with Crippen molar-refractivity contribution in [2.24, 2.45) is 5.41 Å². The number of nitriles is 1. The van der Waals surface area contributed by atoms with Crippen LogP contribution in [0.25, 0.3) is 10.9 Å². The standard InChI is InChI=1S/C27H24ClF5N8/c1-13-17(6-7-20(29)37-13)23(24-25(30)41(40-39-24)16-4-5-16)38-15-8-18-21(36-12-26(2,3)27(31,32)33)14(10-34)11-35-22(18)19(28)9-15/h6-9,11,16,23,38H,4-5,12H2,1-3H3,(H,35,36). The number of halogens is 6. The third-order valence-electron chi connectivity index (χ3n) is 7.06. The number of aryl methyl sites for hydroxylation is 1. The van der Waals surface area contributed by atoms with Gasteiger partial charge in [-0.15, -0.1) is 5.10 Å². The van der Waals surface area contributed by atoms with Gasteiger partial charge in [-0.3, -0.25) is 4.98 Å². The fourth-order valence-electron chi connectivity index (χ4n) is 4.36. The van der Waals surface area contributed by atoms with Crippen LogP contribution in [0.1, 0.15) is 61.3 Å². The van der Waals surface area contributed by atoms with E-state index in [2.05, 4.69) is 30.9 Å². The van der Waals surface area contributed by atoms with Gasteiger partial charge in [0.1, 0.15) is 17.8 Å². The molecule has 1 atom stereocenters. The van der Waals surface area contributed by atoms with E-state index in [1.54, 1.807) is 13.0 Å². The molecule has 2 N–H and O–H groups in total. The van der Waals surface area contributed by atoms with Gasteiger partial charge in [0.05, 0.1) is 33.2 Å². The lowest BCUT2D eigenvalue weighted by Crippen LogP contribution is -2.38. The minimum atomic E-state index is -4.50. The largest absolute Gasteiger partial charge is 0.395 e. The second-order valence-electron chi connectivity index (χ2n) is 10.6. The maximum atomic E-state index is 15.5. The van der Waals surface area contributed by atoms with Crippen LogP contribution in [0.5, 0.6) is 0 Å². The summed E-state index contributed by atoms with van der Waals surface area (Å²) in [4.78, 5) is 8.09. The zero-order chi connectivity index (χ0) is 29.7. The van der Waals surface area contributed by atoms with E-state index >= 15 is 4.39 Å². The summed E-state index contributed by atoms with van der Waals surface area (Å²) in [6.45, 7) is 3.13. The molecular formula is C27H24ClF5N8. The summed E-state index contributed by atoms with van der Waals surface area (Å²) < 4.78 is 71.2. The smallest absolute Gasteiger partial charge is 0.382 e. The van der Waals surface area contributed by atoms with E-state index in [0.29, 0.717) is 11.3 Å². The highest BCUT2D eigenvalue weighted by molar-refractivity contribution is 6.35. The van der Waals surface area contributed by atoms with Crippen LogP contribution in [0.4, 0.5) is 33.3 Å². The maximum Gasteiger partial charge on any atom is 0.395 e. The van der Waals surface area contributed by atoms with E-state index in [0.717, 1.165) is 32.8 Å². The average Bonchev–Trinajstić information content (AvgIpc) is 3.67. The van der Waals surface area contributed by atoms with Gasteiger partial charge < -0.3 is 10.6 Å². The first-order valence-electron chi connectivity index (χ1n) is 12.6. The van der Waals surface area contributed by atoms with E-state index in [1.807, 2.05) is 6.07 Å². The summed E-state index contributed by atoms with van der Waals surface area (Å²) in [6.07, 6.45) is -1.74. The number of pyridine rings is 2. The maximum absolute atomic E-state index is 15.5. The molecule has 5 rings (SSSR count). The molecule has 8 nitrogen and oxygen atoms in total. The number of anilines is 2. The lowest BCUT2D eigenvalue weighted by atomic mass is 9.92. The van der Waals surface area contributed by atoms with Gasteiger partial charge in [-0.2, -0.15) is 27.2 Å². The first-order valence-corrected chi connectivity index (χ1v) is 13.0. The molecule has 1 aliphatic carbocycles. The number of rotatable bonds is 8. The molecule has 0 aliphatic heterocycles. The van der Waals surface area contributed by atoms with Crippen LogP contribution < -0.4 is 10.6 Å². The summed E-state index contributed by atoms with van der Waals surface area (Å²) >= 11 is 6.54. The van der Waals surface area contributed by atoms with Gasteiger partial charge in [0, 0.05) is 35.1 Å². The number of aromatic nitrogens is 5. The van der Waals surface area contributed by atoms with Gasteiger partial charge in [0.25, 0.3) is 0 Å². The Kier molecular flexibility index (Phi) is 7.23. The molecule has 0 radical (unpaired) electrons. The first-order chi connectivity index (χ1) is 19.3. The average molecular weight is 591 g/mol. The second-order valence-corrected chi connectivity index (χ2v) is 11.0. The number of alkyl halides is 3. The van der Waals surface area contributed by atoms with Crippen molar-refractivity contribution in [2.45, 2.75) is 51.9 Å². The molecule has 3 aromatic heterocycles. The zero-order valence-corrected chi connectivity index (χ0v) is 22.9. The molecule has 1 unspecified atom stereocenters. The lowest BCUT2D eigenvalue weighted by Gasteiger charge is -2.28. The monoisotopic (exact) mass is 590 g/mol. The molecule has 1 fully saturated rings. The van der Waals surface area contributed by atoms with Crippen molar-refractivity contribution in [1.82, 2.24) is 25.0 Å². The fraction of sp³-hybridized carbons (Fsp3) is 0.370. The van der Waals surface area contributed by atoms with Crippen LogP contribution >= 0.6 is 11.6 Å². The number of nitrogens with zero attached hydrogens (tertiary/aromatic N) is 6. The summed E-state index contributed by atoms with van der Waals surface area (Å²) in [5, 5.41) is 24.0. The third kappa shape index (κ3) is 5.48. The van der Waals surface area contributed by atoms with Gasteiger partial charge in [0.15, 0.2) is 0 Å². The van der Waals surface area contributed by atoms with Gasteiger partial charge >= 0.3 is 6.18 Å². The van der Waals surface area contributed by atoms with Gasteiger partial charge in [-0.25, -0.2) is 9.67 Å². The Morgan fingerprint density at radius 1 is 1.20 bits per heavy atom. The Labute approximate surface area is 236 Å². The number of hydrogen-bond donors (Lipinski definition) is 2. The molecule has 1 saturated carbocycles. The van der Waals surface area contributed by atoms with Gasteiger partial charge in [-0.1, -0.05) is 22.9 Å². The van der Waals surface area contributed by atoms with Crippen LogP contribution in [-0.4, -0.2) is 37.7 Å². The van der Waals surface area contributed by atoms with Crippen molar-refractivity contribution in [3.05, 3.63) is 69.9 Å². The Morgan fingerprint density at radius 2 is 1.93 bits per heavy atom. The summed E-state index contributed by atoms with van der Waals surface area (Å²) in [7, 11) is 0. The van der Waals surface area contributed by atoms with Crippen LogP contribution in [0.15, 0.2) is 30.5 Å². The number of nitrogens with one attached hydrogen (secondary N) is 2. The highest BCUT2D eigenvalue weighted by Crippen LogP contribution is 2.41. The van der Waals surface area contributed by atoms with Crippen molar-refractivity contribution in [2.75, 3.05) is 17.2 Å². The highest BCUT2D eigenvalue weighted by Gasteiger charge is 2.47. The molecule has 1 aliphatic rings. The van der Waals surface area contributed by atoms with Gasteiger partial charge in [-0.05, 0) is 51.8 Å². The first kappa shape index (κ1) is 28.5. The number of fused-ring (bicyclic) bond motifs is 1. The van der Waals surface area contributed by atoms with Crippen molar-refractivity contribution < 1.29 is 22.0 Å².